The van der Waals surface area contributed by atoms with Crippen LogP contribution in [0.1, 0.15) is 116 Å². The van der Waals surface area contributed by atoms with Crippen molar-refractivity contribution >= 4 is 23.1 Å². The summed E-state index contributed by atoms with van der Waals surface area (Å²) in [6.45, 7) is 19.6. The fourth-order valence-electron chi connectivity index (χ4n) is 5.75. The molecule has 0 saturated carbocycles. The highest BCUT2D eigenvalue weighted by atomic mass is 19.1. The van der Waals surface area contributed by atoms with Gasteiger partial charge in [-0.3, -0.25) is 9.59 Å². The highest BCUT2D eigenvalue weighted by Crippen LogP contribution is 2.34. The van der Waals surface area contributed by atoms with Gasteiger partial charge in [0.1, 0.15) is 11.8 Å². The minimum absolute atomic E-state index is 0.0200. The molecule has 1 fully saturated rings. The lowest BCUT2D eigenvalue weighted by Gasteiger charge is -2.41. The number of hydrogen-bond donors (Lipinski definition) is 1. The van der Waals surface area contributed by atoms with Gasteiger partial charge in [0.2, 0.25) is 0 Å². The molecular formula is C37H53FN2O5. The van der Waals surface area contributed by atoms with E-state index in [1.165, 1.54) is 13.0 Å². The Hall–Kier alpha value is -3.23. The highest BCUT2D eigenvalue weighted by Gasteiger charge is 2.37. The minimum Gasteiger partial charge on any atom is -0.460 e. The van der Waals surface area contributed by atoms with Gasteiger partial charge in [-0.05, 0) is 83.6 Å². The molecule has 1 aliphatic heterocycles. The third kappa shape index (κ3) is 11.3. The predicted octanol–water partition coefficient (Wildman–Crippen LogP) is 8.85. The number of carbonyl (C=O) groups excluding carboxylic acids is 2. The Labute approximate surface area is 269 Å². The molecule has 0 bridgehead atoms. The van der Waals surface area contributed by atoms with Crippen LogP contribution in [-0.2, 0) is 25.5 Å². The van der Waals surface area contributed by atoms with E-state index >= 15 is 0 Å². The number of nitrogens with one attached hydrogen (secondary N) is 1. The fourth-order valence-corrected chi connectivity index (χ4v) is 5.75. The molecule has 7 nitrogen and oxygen atoms in total. The van der Waals surface area contributed by atoms with Gasteiger partial charge in [0, 0.05) is 30.0 Å². The zero-order valence-electron chi connectivity index (χ0n) is 28.8. The van der Waals surface area contributed by atoms with Crippen LogP contribution < -0.4 is 5.32 Å². The molecule has 1 aromatic carbocycles. The number of ether oxygens (including phenoxy) is 3. The third-order valence-corrected chi connectivity index (χ3v) is 7.23. The molecule has 3 unspecified atom stereocenters. The molecular weight excluding hydrogens is 571 g/mol. The first-order valence-corrected chi connectivity index (χ1v) is 16.2. The van der Waals surface area contributed by atoms with Crippen LogP contribution in [0.2, 0.25) is 0 Å². The molecule has 0 spiro atoms. The number of carbonyl (C=O) groups is 2. The molecule has 3 atom stereocenters. The molecule has 1 amide bonds. The summed E-state index contributed by atoms with van der Waals surface area (Å²) in [6, 6.07) is 11.3. The van der Waals surface area contributed by atoms with Gasteiger partial charge in [0.05, 0.1) is 24.2 Å². The van der Waals surface area contributed by atoms with E-state index in [9.17, 15) is 14.0 Å². The van der Waals surface area contributed by atoms with Crippen molar-refractivity contribution < 1.29 is 28.2 Å². The summed E-state index contributed by atoms with van der Waals surface area (Å²) in [6.07, 6.45) is 5.08. The highest BCUT2D eigenvalue weighted by molar-refractivity contribution is 6.06. The van der Waals surface area contributed by atoms with Crippen molar-refractivity contribution in [1.29, 1.82) is 0 Å². The number of benzene rings is 1. The van der Waals surface area contributed by atoms with Crippen molar-refractivity contribution in [2.75, 3.05) is 5.32 Å². The summed E-state index contributed by atoms with van der Waals surface area (Å²) >= 11 is 0. The number of halogens is 1. The zero-order chi connectivity index (χ0) is 33.5. The Morgan fingerprint density at radius 2 is 1.73 bits per heavy atom. The van der Waals surface area contributed by atoms with Crippen LogP contribution in [0.5, 0.6) is 0 Å². The average molecular weight is 625 g/mol. The molecule has 0 radical (unpaired) electrons. The number of esters is 1. The van der Waals surface area contributed by atoms with Crippen molar-refractivity contribution in [2.45, 2.75) is 131 Å². The molecule has 1 saturated heterocycles. The van der Waals surface area contributed by atoms with E-state index in [1.807, 2.05) is 77.1 Å². The van der Waals surface area contributed by atoms with Gasteiger partial charge >= 0.3 is 5.97 Å². The Kier molecular flexibility index (Phi) is 12.4. The van der Waals surface area contributed by atoms with Gasteiger partial charge in [-0.1, -0.05) is 64.1 Å². The van der Waals surface area contributed by atoms with Crippen molar-refractivity contribution in [1.82, 2.24) is 4.57 Å². The van der Waals surface area contributed by atoms with E-state index < -0.39 is 17.6 Å². The van der Waals surface area contributed by atoms with Crippen molar-refractivity contribution in [2.24, 2.45) is 5.92 Å². The van der Waals surface area contributed by atoms with Crippen LogP contribution in [-0.4, -0.2) is 46.2 Å². The first kappa shape index (κ1) is 36.2. The van der Waals surface area contributed by atoms with Crippen LogP contribution >= 0.6 is 0 Å². The maximum Gasteiger partial charge on any atom is 0.308 e. The smallest absolute Gasteiger partial charge is 0.308 e. The Morgan fingerprint density at radius 1 is 1.09 bits per heavy atom. The average Bonchev–Trinajstić information content (AvgIpc) is 3.28. The fraction of sp³-hybridized carbons (Fsp3) is 0.568. The first-order valence-electron chi connectivity index (χ1n) is 16.2. The van der Waals surface area contributed by atoms with Gasteiger partial charge in [0.25, 0.3) is 5.91 Å². The monoisotopic (exact) mass is 624 g/mol. The van der Waals surface area contributed by atoms with Crippen molar-refractivity contribution in [3.8, 4) is 0 Å². The molecule has 45 heavy (non-hydrogen) atoms. The number of alkyl halides is 1. The maximum absolute atomic E-state index is 14.0. The normalized spacial score (nSPS) is 19.7. The molecule has 248 valence electrons. The number of allylic oxidation sites excluding steroid dienone is 4. The lowest BCUT2D eigenvalue weighted by molar-refractivity contribution is -0.301. The second kappa shape index (κ2) is 15.4. The van der Waals surface area contributed by atoms with Crippen LogP contribution in [0, 0.1) is 5.92 Å². The van der Waals surface area contributed by atoms with E-state index in [0.29, 0.717) is 30.6 Å². The molecule has 1 aromatic heterocycles. The summed E-state index contributed by atoms with van der Waals surface area (Å²) in [7, 11) is 0. The van der Waals surface area contributed by atoms with Gasteiger partial charge in [-0.15, -0.1) is 0 Å². The summed E-state index contributed by atoms with van der Waals surface area (Å²) < 4.78 is 34.2. The van der Waals surface area contributed by atoms with E-state index in [4.69, 9.17) is 14.2 Å². The second-order valence-electron chi connectivity index (χ2n) is 14.1. The number of rotatable bonds is 12. The van der Waals surface area contributed by atoms with E-state index in [-0.39, 0.29) is 42.3 Å². The number of nitrogens with zero attached hydrogens (tertiary/aromatic N) is 1. The number of aromatic nitrogens is 1. The molecule has 0 aliphatic carbocycles. The SMILES string of the molecule is CC(F)C=C/C(=C\C(C)C)c1cc(C(=O)Nc2ccccc2)c(C(C)C)n1CCC1CC(CC(=O)OC(C)(C)C)OC(C)(C)O1. The van der Waals surface area contributed by atoms with E-state index in [0.717, 1.165) is 17.0 Å². The van der Waals surface area contributed by atoms with Gasteiger partial charge in [-0.2, -0.15) is 0 Å². The largest absolute Gasteiger partial charge is 0.460 e. The Bertz CT molecular complexity index is 1350. The minimum atomic E-state index is -1.12. The molecule has 1 aliphatic rings. The summed E-state index contributed by atoms with van der Waals surface area (Å²) in [5, 5.41) is 3.05. The number of hydrogen-bond acceptors (Lipinski definition) is 5. The van der Waals surface area contributed by atoms with Crippen LogP contribution in [0.3, 0.4) is 0 Å². The van der Waals surface area contributed by atoms with Crippen LogP contribution in [0.15, 0.2) is 54.6 Å². The standard InChI is InChI=1S/C37H53FN2O5/c1-24(2)20-27(17-16-26(5)38)32-23-31(35(42)39-28-14-12-11-13-15-28)34(25(3)4)40(32)19-18-29-21-30(44-37(9,10)43-29)22-33(41)45-36(6,7)8/h11-17,20,23-26,29-30H,18-19,21-22H2,1-10H3,(H,39,42)/b17-16?,27-20+. The van der Waals surface area contributed by atoms with E-state index in [2.05, 4.69) is 43.7 Å². The van der Waals surface area contributed by atoms with Gasteiger partial charge < -0.3 is 24.1 Å². The lowest BCUT2D eigenvalue weighted by Crippen LogP contribution is -2.46. The Balaban J connectivity index is 2.00. The van der Waals surface area contributed by atoms with Crippen molar-refractivity contribution in [3.63, 3.8) is 0 Å². The lowest BCUT2D eigenvalue weighted by atomic mass is 10.0. The molecule has 2 heterocycles. The maximum atomic E-state index is 14.0. The van der Waals surface area contributed by atoms with Gasteiger partial charge in [0.15, 0.2) is 5.79 Å². The van der Waals surface area contributed by atoms with Crippen LogP contribution in [0.25, 0.3) is 5.57 Å². The number of anilines is 1. The quantitative estimate of drug-likeness (QED) is 0.189. The zero-order valence-corrected chi connectivity index (χ0v) is 28.8. The topological polar surface area (TPSA) is 78.8 Å². The molecule has 3 rings (SSSR count). The van der Waals surface area contributed by atoms with E-state index in [1.54, 1.807) is 0 Å². The second-order valence-corrected chi connectivity index (χ2v) is 14.1. The molecule has 1 N–H and O–H groups in total. The summed E-state index contributed by atoms with van der Waals surface area (Å²) in [4.78, 5) is 26.4. The Morgan fingerprint density at radius 3 is 2.31 bits per heavy atom. The summed E-state index contributed by atoms with van der Waals surface area (Å²) in [5.41, 5.74) is 3.31. The molecule has 8 heteroatoms. The van der Waals surface area contributed by atoms with Gasteiger partial charge in [-0.25, -0.2) is 4.39 Å². The number of amides is 1. The van der Waals surface area contributed by atoms with Crippen molar-refractivity contribution in [3.05, 3.63) is 71.6 Å². The number of para-hydroxylation sites is 1. The molecule has 2 aromatic rings. The van der Waals surface area contributed by atoms with Crippen LogP contribution in [0.4, 0.5) is 10.1 Å². The predicted molar refractivity (Wildman–Crippen MR) is 179 cm³/mol. The summed E-state index contributed by atoms with van der Waals surface area (Å²) in [5.74, 6) is -1.16. The first-order chi connectivity index (χ1) is 20.9. The third-order valence-electron chi connectivity index (χ3n) is 7.23.